The van der Waals surface area contributed by atoms with Gasteiger partial charge in [-0.25, -0.2) is 4.39 Å². The molecule has 0 aliphatic carbocycles. The standard InChI is InChI=1S/C19H31FN4O2/c1-4-21-19(23-15(2)14-25-3)22-13-18(24-9-11-26-12-10-24)16-5-7-17(20)8-6-16/h5-8,15,18H,4,9-14H2,1-3H3,(H2,21,22,23). The Morgan fingerprint density at radius 1 is 1.31 bits per heavy atom. The van der Waals surface area contributed by atoms with Gasteiger partial charge in [-0.15, -0.1) is 0 Å². The predicted octanol–water partition coefficient (Wildman–Crippen LogP) is 1.79. The number of aliphatic imine (C=N–C) groups is 1. The van der Waals surface area contributed by atoms with Crippen LogP contribution in [0.25, 0.3) is 0 Å². The number of halogens is 1. The minimum absolute atomic E-state index is 0.0905. The Hall–Kier alpha value is -1.70. The van der Waals surface area contributed by atoms with Gasteiger partial charge in [-0.05, 0) is 31.5 Å². The Balaban J connectivity index is 2.13. The van der Waals surface area contributed by atoms with Gasteiger partial charge in [0.15, 0.2) is 5.96 Å². The maximum atomic E-state index is 13.3. The molecule has 0 spiro atoms. The zero-order valence-corrected chi connectivity index (χ0v) is 16.0. The van der Waals surface area contributed by atoms with Crippen LogP contribution in [0.3, 0.4) is 0 Å². The molecule has 2 N–H and O–H groups in total. The molecule has 7 heteroatoms. The fourth-order valence-electron chi connectivity index (χ4n) is 3.03. The fourth-order valence-corrected chi connectivity index (χ4v) is 3.03. The van der Waals surface area contributed by atoms with E-state index >= 15 is 0 Å². The average molecular weight is 366 g/mol. The van der Waals surface area contributed by atoms with Crippen molar-refractivity contribution in [2.75, 3.05) is 53.1 Å². The van der Waals surface area contributed by atoms with Crippen molar-refractivity contribution in [3.63, 3.8) is 0 Å². The van der Waals surface area contributed by atoms with Crippen LogP contribution in [0, 0.1) is 5.82 Å². The third-order valence-corrected chi connectivity index (χ3v) is 4.31. The third kappa shape index (κ3) is 6.55. The summed E-state index contributed by atoms with van der Waals surface area (Å²) in [5.74, 6) is 0.541. The van der Waals surface area contributed by atoms with E-state index in [2.05, 4.69) is 22.5 Å². The van der Waals surface area contributed by atoms with Crippen molar-refractivity contribution in [2.24, 2.45) is 4.99 Å². The SMILES string of the molecule is CCNC(=NCC(c1ccc(F)cc1)N1CCOCC1)NC(C)COC. The molecule has 0 amide bonds. The van der Waals surface area contributed by atoms with Crippen molar-refractivity contribution >= 4 is 5.96 Å². The Kier molecular flexibility index (Phi) is 8.80. The lowest BCUT2D eigenvalue weighted by molar-refractivity contribution is 0.0179. The van der Waals surface area contributed by atoms with Gasteiger partial charge < -0.3 is 20.1 Å². The van der Waals surface area contributed by atoms with Gasteiger partial charge in [-0.2, -0.15) is 0 Å². The molecule has 146 valence electrons. The minimum Gasteiger partial charge on any atom is -0.383 e. The van der Waals surface area contributed by atoms with Crippen LogP contribution >= 0.6 is 0 Å². The molecule has 2 atom stereocenters. The molecule has 0 bridgehead atoms. The van der Waals surface area contributed by atoms with Crippen molar-refractivity contribution in [3.05, 3.63) is 35.6 Å². The van der Waals surface area contributed by atoms with Gasteiger partial charge in [0.1, 0.15) is 5.82 Å². The van der Waals surface area contributed by atoms with Crippen LogP contribution in [0.5, 0.6) is 0 Å². The molecule has 1 aliphatic heterocycles. The molecule has 1 aliphatic rings. The Morgan fingerprint density at radius 3 is 2.62 bits per heavy atom. The van der Waals surface area contributed by atoms with E-state index in [-0.39, 0.29) is 17.9 Å². The van der Waals surface area contributed by atoms with Crippen molar-refractivity contribution in [1.82, 2.24) is 15.5 Å². The number of ether oxygens (including phenoxy) is 2. The smallest absolute Gasteiger partial charge is 0.191 e. The lowest BCUT2D eigenvalue weighted by Crippen LogP contribution is -2.45. The summed E-state index contributed by atoms with van der Waals surface area (Å²) in [7, 11) is 1.69. The molecular formula is C19H31FN4O2. The van der Waals surface area contributed by atoms with Crippen molar-refractivity contribution < 1.29 is 13.9 Å². The van der Waals surface area contributed by atoms with E-state index in [1.54, 1.807) is 7.11 Å². The molecular weight excluding hydrogens is 335 g/mol. The summed E-state index contributed by atoms with van der Waals surface area (Å²) in [6.45, 7) is 9.19. The van der Waals surface area contributed by atoms with E-state index in [1.807, 2.05) is 19.1 Å². The lowest BCUT2D eigenvalue weighted by Gasteiger charge is -2.34. The number of morpholine rings is 1. The topological polar surface area (TPSA) is 58.1 Å². The summed E-state index contributed by atoms with van der Waals surface area (Å²) in [5, 5.41) is 6.62. The van der Waals surface area contributed by atoms with Crippen LogP contribution in [0.15, 0.2) is 29.3 Å². The van der Waals surface area contributed by atoms with E-state index in [4.69, 9.17) is 14.5 Å². The van der Waals surface area contributed by atoms with Gasteiger partial charge in [0, 0.05) is 32.8 Å². The molecule has 2 rings (SSSR count). The zero-order valence-electron chi connectivity index (χ0n) is 16.0. The third-order valence-electron chi connectivity index (χ3n) is 4.31. The highest BCUT2D eigenvalue weighted by atomic mass is 19.1. The van der Waals surface area contributed by atoms with Gasteiger partial charge in [-0.1, -0.05) is 12.1 Å². The molecule has 1 heterocycles. The summed E-state index contributed by atoms with van der Waals surface area (Å²) in [6.07, 6.45) is 0. The first-order valence-electron chi connectivity index (χ1n) is 9.25. The first-order valence-corrected chi connectivity index (χ1v) is 9.25. The van der Waals surface area contributed by atoms with Crippen molar-refractivity contribution in [3.8, 4) is 0 Å². The molecule has 2 unspecified atom stereocenters. The number of hydrogen-bond acceptors (Lipinski definition) is 4. The molecule has 26 heavy (non-hydrogen) atoms. The Bertz CT molecular complexity index is 547. The molecule has 6 nitrogen and oxygen atoms in total. The van der Waals surface area contributed by atoms with Crippen molar-refractivity contribution in [2.45, 2.75) is 25.9 Å². The summed E-state index contributed by atoms with van der Waals surface area (Å²) in [6, 6.07) is 6.96. The second-order valence-corrected chi connectivity index (χ2v) is 6.44. The molecule has 1 aromatic rings. The molecule has 0 aromatic heterocycles. The molecule has 0 radical (unpaired) electrons. The highest BCUT2D eigenvalue weighted by Crippen LogP contribution is 2.22. The molecule has 1 aromatic carbocycles. The zero-order chi connectivity index (χ0) is 18.8. The molecule has 1 fully saturated rings. The van der Waals surface area contributed by atoms with Crippen LogP contribution < -0.4 is 10.6 Å². The summed E-state index contributed by atoms with van der Waals surface area (Å²) < 4.78 is 24.0. The van der Waals surface area contributed by atoms with E-state index < -0.39 is 0 Å². The van der Waals surface area contributed by atoms with E-state index in [0.29, 0.717) is 26.4 Å². The number of hydrogen-bond donors (Lipinski definition) is 2. The highest BCUT2D eigenvalue weighted by Gasteiger charge is 2.22. The summed E-state index contributed by atoms with van der Waals surface area (Å²) in [5.41, 5.74) is 1.07. The Morgan fingerprint density at radius 2 is 2.00 bits per heavy atom. The predicted molar refractivity (Wildman–Crippen MR) is 102 cm³/mol. The number of benzene rings is 1. The maximum Gasteiger partial charge on any atom is 0.191 e. The van der Waals surface area contributed by atoms with Crippen LogP contribution in [0.4, 0.5) is 4.39 Å². The number of nitrogens with one attached hydrogen (secondary N) is 2. The van der Waals surface area contributed by atoms with E-state index in [1.165, 1.54) is 12.1 Å². The second kappa shape index (κ2) is 11.1. The second-order valence-electron chi connectivity index (χ2n) is 6.44. The van der Waals surface area contributed by atoms with Crippen LogP contribution in [0.1, 0.15) is 25.5 Å². The number of rotatable bonds is 8. The van der Waals surface area contributed by atoms with Crippen LogP contribution in [-0.4, -0.2) is 70.0 Å². The largest absolute Gasteiger partial charge is 0.383 e. The van der Waals surface area contributed by atoms with Gasteiger partial charge in [0.05, 0.1) is 32.4 Å². The number of nitrogens with zero attached hydrogens (tertiary/aromatic N) is 2. The van der Waals surface area contributed by atoms with Gasteiger partial charge >= 0.3 is 0 Å². The van der Waals surface area contributed by atoms with Crippen LogP contribution in [-0.2, 0) is 9.47 Å². The first-order chi connectivity index (χ1) is 12.6. The minimum atomic E-state index is -0.221. The van der Waals surface area contributed by atoms with Gasteiger partial charge in [-0.3, -0.25) is 9.89 Å². The lowest BCUT2D eigenvalue weighted by atomic mass is 10.0. The fraction of sp³-hybridized carbons (Fsp3) is 0.632. The molecule has 0 saturated carbocycles. The van der Waals surface area contributed by atoms with Crippen LogP contribution in [0.2, 0.25) is 0 Å². The highest BCUT2D eigenvalue weighted by molar-refractivity contribution is 5.80. The van der Waals surface area contributed by atoms with E-state index in [9.17, 15) is 4.39 Å². The summed E-state index contributed by atoms with van der Waals surface area (Å²) in [4.78, 5) is 7.12. The van der Waals surface area contributed by atoms with Crippen molar-refractivity contribution in [1.29, 1.82) is 0 Å². The Labute approximate surface area is 155 Å². The van der Waals surface area contributed by atoms with Gasteiger partial charge in [0.25, 0.3) is 0 Å². The van der Waals surface area contributed by atoms with E-state index in [0.717, 1.165) is 31.2 Å². The first kappa shape index (κ1) is 20.6. The van der Waals surface area contributed by atoms with Gasteiger partial charge in [0.2, 0.25) is 0 Å². The normalized spacial score (nSPS) is 18.4. The quantitative estimate of drug-likeness (QED) is 0.543. The average Bonchev–Trinajstić information content (AvgIpc) is 2.64. The number of methoxy groups -OCH3 is 1. The monoisotopic (exact) mass is 366 g/mol. The number of guanidine groups is 1. The maximum absolute atomic E-state index is 13.3. The summed E-state index contributed by atoms with van der Waals surface area (Å²) >= 11 is 0. The molecule has 1 saturated heterocycles.